The van der Waals surface area contributed by atoms with Crippen LogP contribution in [-0.2, 0) is 34.8 Å². The summed E-state index contributed by atoms with van der Waals surface area (Å²) in [6.45, 7) is 1.52. The van der Waals surface area contributed by atoms with E-state index < -0.39 is 47.3 Å². The van der Waals surface area contributed by atoms with Crippen LogP contribution >= 0.6 is 0 Å². The first-order chi connectivity index (χ1) is 11.9. The van der Waals surface area contributed by atoms with Crippen LogP contribution in [0.4, 0.5) is 0 Å². The van der Waals surface area contributed by atoms with Gasteiger partial charge in [0.25, 0.3) is 20.2 Å². The van der Waals surface area contributed by atoms with Gasteiger partial charge in [0.2, 0.25) is 0 Å². The second kappa shape index (κ2) is 10.2. The molecule has 0 aromatic carbocycles. The molecule has 1 heterocycles. The predicted molar refractivity (Wildman–Crippen MR) is 93.4 cm³/mol. The van der Waals surface area contributed by atoms with Crippen molar-refractivity contribution in [1.82, 2.24) is 15.8 Å². The predicted octanol–water partition coefficient (Wildman–Crippen LogP) is -2.68. The molecule has 1 rings (SSSR count). The average molecular weight is 440 g/mol. The number of rotatable bonds is 12. The first-order valence-corrected chi connectivity index (χ1v) is 12.8. The molecule has 0 aromatic heterocycles. The summed E-state index contributed by atoms with van der Waals surface area (Å²) in [4.78, 5) is 0. The van der Waals surface area contributed by atoms with Gasteiger partial charge < -0.3 is 4.74 Å². The van der Waals surface area contributed by atoms with Gasteiger partial charge in [-0.3, -0.25) is 19.8 Å². The van der Waals surface area contributed by atoms with Crippen molar-refractivity contribution in [3.05, 3.63) is 0 Å². The number of ether oxygens (including phenoxy) is 1. The van der Waals surface area contributed by atoms with Gasteiger partial charge in [0.15, 0.2) is 9.84 Å². The number of hydrogen-bond acceptors (Lipinski definition) is 10. The molecule has 1 atom stereocenters. The van der Waals surface area contributed by atoms with Crippen molar-refractivity contribution >= 4 is 30.1 Å². The van der Waals surface area contributed by atoms with E-state index in [1.165, 1.54) is 0 Å². The Labute approximate surface area is 153 Å². The third-order valence-corrected chi connectivity index (χ3v) is 6.90. The molecule has 12 nitrogen and oxygen atoms in total. The SMILES string of the molecule is O=S(=O)(O)CCNC1COCCN1NCCCS(=O)(=O)CCS(=O)(=O)O. The molecule has 0 amide bonds. The lowest BCUT2D eigenvalue weighted by Crippen LogP contribution is -2.59. The highest BCUT2D eigenvalue weighted by Gasteiger charge is 2.23. The molecule has 0 bridgehead atoms. The number of nitrogens with one attached hydrogen (secondary N) is 2. The van der Waals surface area contributed by atoms with Crippen molar-refractivity contribution in [1.29, 1.82) is 0 Å². The molecule has 1 aliphatic rings. The Balaban J connectivity index is 2.34. The standard InChI is InChI=1S/C11H25N3O9S3/c15-24(16,8-9-26(20,21)22)6-1-2-13-14-4-5-23-10-11(14)12-3-7-25(17,18)19/h11-13H,1-10H2,(H,17,18,19)(H,20,21,22). The van der Waals surface area contributed by atoms with Crippen molar-refractivity contribution in [2.45, 2.75) is 12.6 Å². The van der Waals surface area contributed by atoms with Crippen molar-refractivity contribution in [3.63, 3.8) is 0 Å². The van der Waals surface area contributed by atoms with E-state index in [4.69, 9.17) is 13.8 Å². The van der Waals surface area contributed by atoms with E-state index in [-0.39, 0.29) is 31.5 Å². The molecule has 15 heteroatoms. The fourth-order valence-electron chi connectivity index (χ4n) is 2.17. The minimum Gasteiger partial charge on any atom is -0.377 e. The van der Waals surface area contributed by atoms with E-state index >= 15 is 0 Å². The number of sulfone groups is 1. The quantitative estimate of drug-likeness (QED) is 0.183. The van der Waals surface area contributed by atoms with Crippen LogP contribution < -0.4 is 10.7 Å². The fraction of sp³-hybridized carbons (Fsp3) is 1.00. The van der Waals surface area contributed by atoms with E-state index in [1.54, 1.807) is 5.01 Å². The number of hydrazine groups is 1. The molecule has 0 radical (unpaired) electrons. The highest BCUT2D eigenvalue weighted by atomic mass is 32.2. The summed E-state index contributed by atoms with van der Waals surface area (Å²) in [6, 6.07) is 0. The zero-order chi connectivity index (χ0) is 19.8. The Morgan fingerprint density at radius 1 is 0.923 bits per heavy atom. The maximum Gasteiger partial charge on any atom is 0.266 e. The summed E-state index contributed by atoms with van der Waals surface area (Å²) in [7, 11) is -12.0. The molecule has 1 saturated heterocycles. The van der Waals surface area contributed by atoms with Crippen LogP contribution in [0.3, 0.4) is 0 Å². The monoisotopic (exact) mass is 439 g/mol. The molecular formula is C11H25N3O9S3. The normalized spacial score (nSPS) is 20.3. The third-order valence-electron chi connectivity index (χ3n) is 3.47. The summed E-state index contributed by atoms with van der Waals surface area (Å²) in [5.41, 5.74) is 3.01. The van der Waals surface area contributed by atoms with Gasteiger partial charge in [0.05, 0.1) is 42.4 Å². The number of morpholine rings is 1. The van der Waals surface area contributed by atoms with Gasteiger partial charge >= 0.3 is 0 Å². The van der Waals surface area contributed by atoms with Crippen LogP contribution in [0, 0.1) is 0 Å². The Hall–Kier alpha value is -0.390. The lowest BCUT2D eigenvalue weighted by atomic mass is 10.4. The Kier molecular flexibility index (Phi) is 9.31. The zero-order valence-corrected chi connectivity index (χ0v) is 16.5. The lowest BCUT2D eigenvalue weighted by Gasteiger charge is -2.36. The van der Waals surface area contributed by atoms with Crippen LogP contribution in [0.5, 0.6) is 0 Å². The third kappa shape index (κ3) is 11.3. The first-order valence-electron chi connectivity index (χ1n) is 7.80. The van der Waals surface area contributed by atoms with Crippen molar-refractivity contribution in [3.8, 4) is 0 Å². The van der Waals surface area contributed by atoms with Crippen molar-refractivity contribution in [2.24, 2.45) is 0 Å². The van der Waals surface area contributed by atoms with Gasteiger partial charge in [-0.05, 0) is 6.42 Å². The van der Waals surface area contributed by atoms with Crippen LogP contribution in [-0.4, -0.2) is 101 Å². The molecule has 4 N–H and O–H groups in total. The van der Waals surface area contributed by atoms with Gasteiger partial charge in [-0.25, -0.2) is 13.4 Å². The fourth-order valence-corrected chi connectivity index (χ4v) is 5.19. The van der Waals surface area contributed by atoms with Gasteiger partial charge in [0, 0.05) is 19.6 Å². The van der Waals surface area contributed by atoms with E-state index in [0.717, 1.165) is 0 Å². The highest BCUT2D eigenvalue weighted by Crippen LogP contribution is 2.02. The van der Waals surface area contributed by atoms with E-state index in [2.05, 4.69) is 10.7 Å². The van der Waals surface area contributed by atoms with Gasteiger partial charge in [-0.15, -0.1) is 0 Å². The maximum atomic E-state index is 11.7. The molecule has 0 aromatic rings. The molecule has 0 saturated carbocycles. The maximum absolute atomic E-state index is 11.7. The van der Waals surface area contributed by atoms with Crippen LogP contribution in [0.2, 0.25) is 0 Å². The minimum atomic E-state index is -4.32. The van der Waals surface area contributed by atoms with Crippen LogP contribution in [0.1, 0.15) is 6.42 Å². The molecule has 1 unspecified atom stereocenters. The Morgan fingerprint density at radius 2 is 1.58 bits per heavy atom. The largest absolute Gasteiger partial charge is 0.377 e. The van der Waals surface area contributed by atoms with Gasteiger partial charge in [0.1, 0.15) is 0 Å². The number of hydrogen-bond donors (Lipinski definition) is 4. The topological polar surface area (TPSA) is 179 Å². The minimum absolute atomic E-state index is 0.0229. The van der Waals surface area contributed by atoms with Gasteiger partial charge in [-0.1, -0.05) is 0 Å². The van der Waals surface area contributed by atoms with Crippen LogP contribution in [0.25, 0.3) is 0 Å². The second-order valence-corrected chi connectivity index (χ2v) is 11.2. The molecule has 26 heavy (non-hydrogen) atoms. The summed E-state index contributed by atoms with van der Waals surface area (Å²) in [6.07, 6.45) is -0.121. The lowest BCUT2D eigenvalue weighted by molar-refractivity contribution is -0.0459. The zero-order valence-electron chi connectivity index (χ0n) is 14.1. The Morgan fingerprint density at radius 3 is 2.19 bits per heavy atom. The van der Waals surface area contributed by atoms with Gasteiger partial charge in [-0.2, -0.15) is 16.8 Å². The van der Waals surface area contributed by atoms with Crippen LogP contribution in [0.15, 0.2) is 0 Å². The molecular weight excluding hydrogens is 414 g/mol. The smallest absolute Gasteiger partial charge is 0.266 e. The van der Waals surface area contributed by atoms with E-state index in [9.17, 15) is 25.3 Å². The molecule has 0 spiro atoms. The Bertz CT molecular complexity index is 736. The van der Waals surface area contributed by atoms with Crippen molar-refractivity contribution < 1.29 is 39.1 Å². The second-order valence-electron chi connectivity index (χ2n) is 5.72. The van der Waals surface area contributed by atoms with Crippen molar-refractivity contribution in [2.75, 3.05) is 55.9 Å². The number of nitrogens with zero attached hydrogens (tertiary/aromatic N) is 1. The highest BCUT2D eigenvalue weighted by molar-refractivity contribution is 7.93. The van der Waals surface area contributed by atoms with E-state index in [1.807, 2.05) is 0 Å². The van der Waals surface area contributed by atoms with E-state index in [0.29, 0.717) is 19.7 Å². The summed E-state index contributed by atoms with van der Waals surface area (Å²) >= 11 is 0. The summed E-state index contributed by atoms with van der Waals surface area (Å²) < 4.78 is 88.6. The molecule has 156 valence electrons. The first kappa shape index (κ1) is 23.6. The average Bonchev–Trinajstić information content (AvgIpc) is 2.49. The molecule has 1 fully saturated rings. The molecule has 1 aliphatic heterocycles. The summed E-state index contributed by atoms with van der Waals surface area (Å²) in [5, 5.41) is 4.66. The summed E-state index contributed by atoms with van der Waals surface area (Å²) in [5.74, 6) is -2.14. The molecule has 0 aliphatic carbocycles.